The number of thiazole rings is 1. The van der Waals surface area contributed by atoms with Crippen LogP contribution in [-0.4, -0.2) is 14.7 Å². The van der Waals surface area contributed by atoms with E-state index >= 15 is 0 Å². The Hall–Kier alpha value is -2.18. The minimum Gasteiger partial charge on any atom is -0.477 e. The van der Waals surface area contributed by atoms with E-state index in [1.807, 2.05) is 39.5 Å². The van der Waals surface area contributed by atoms with Crippen LogP contribution in [0.3, 0.4) is 0 Å². The molecular formula is C19H17ClN3O2S+. The number of hydrogen-bond donors (Lipinski definition) is 1. The number of hydrogen-bond acceptors (Lipinski definition) is 4. The van der Waals surface area contributed by atoms with Crippen molar-refractivity contribution in [1.29, 1.82) is 0 Å². The molecule has 7 heteroatoms. The van der Waals surface area contributed by atoms with Gasteiger partial charge in [-0.2, -0.15) is 9.13 Å². The molecule has 2 aliphatic heterocycles. The van der Waals surface area contributed by atoms with Gasteiger partial charge in [-0.05, 0) is 18.4 Å². The summed E-state index contributed by atoms with van der Waals surface area (Å²) in [6, 6.07) is 9.36. The molecule has 0 aliphatic carbocycles. The van der Waals surface area contributed by atoms with Crippen molar-refractivity contribution >= 4 is 22.9 Å². The van der Waals surface area contributed by atoms with Gasteiger partial charge in [0, 0.05) is 12.6 Å². The Labute approximate surface area is 159 Å². The highest BCUT2D eigenvalue weighted by molar-refractivity contribution is 7.15. The molecule has 3 aromatic rings. The fraction of sp³-hybridized carbons (Fsp3) is 0.316. The van der Waals surface area contributed by atoms with Gasteiger partial charge in [0.15, 0.2) is 10.0 Å². The highest BCUT2D eigenvalue weighted by Crippen LogP contribution is 2.43. The van der Waals surface area contributed by atoms with E-state index < -0.39 is 0 Å². The maximum Gasteiger partial charge on any atom is 0.349 e. The van der Waals surface area contributed by atoms with E-state index in [4.69, 9.17) is 11.6 Å². The summed E-state index contributed by atoms with van der Waals surface area (Å²) >= 11 is 7.49. The van der Waals surface area contributed by atoms with E-state index in [0.717, 1.165) is 35.5 Å². The van der Waals surface area contributed by atoms with Gasteiger partial charge in [0.05, 0.1) is 17.3 Å². The first-order valence-corrected chi connectivity index (χ1v) is 9.92. The molecule has 0 radical (unpaired) electrons. The average molecular weight is 387 g/mol. The molecule has 0 saturated carbocycles. The molecule has 1 N–H and O–H groups in total. The van der Waals surface area contributed by atoms with Gasteiger partial charge < -0.3 is 5.11 Å². The number of benzene rings is 1. The monoisotopic (exact) mass is 386 g/mol. The fourth-order valence-electron chi connectivity index (χ4n) is 4.38. The van der Waals surface area contributed by atoms with Crippen LogP contribution in [0.15, 0.2) is 41.3 Å². The molecule has 0 amide bonds. The van der Waals surface area contributed by atoms with Gasteiger partial charge in [-0.25, -0.2) is 9.78 Å². The van der Waals surface area contributed by atoms with E-state index in [1.54, 1.807) is 6.20 Å². The van der Waals surface area contributed by atoms with Crippen LogP contribution in [0.2, 0.25) is 4.47 Å². The Kier molecular flexibility index (Phi) is 3.65. The Balaban J connectivity index is 1.81. The van der Waals surface area contributed by atoms with E-state index in [9.17, 15) is 9.90 Å². The highest BCUT2D eigenvalue weighted by Gasteiger charge is 2.47. The van der Waals surface area contributed by atoms with Crippen molar-refractivity contribution in [2.45, 2.75) is 37.8 Å². The Morgan fingerprint density at radius 3 is 2.85 bits per heavy atom. The molecule has 0 fully saturated rings. The first kappa shape index (κ1) is 16.0. The second-order valence-corrected chi connectivity index (χ2v) is 8.50. The third kappa shape index (κ3) is 2.25. The van der Waals surface area contributed by atoms with Crippen LogP contribution in [0.1, 0.15) is 41.9 Å². The van der Waals surface area contributed by atoms with E-state index in [-0.39, 0.29) is 23.4 Å². The van der Waals surface area contributed by atoms with Crippen LogP contribution >= 0.6 is 22.9 Å². The Morgan fingerprint density at radius 2 is 2.12 bits per heavy atom. The van der Waals surface area contributed by atoms with Crippen LogP contribution in [0, 0.1) is 0 Å². The predicted octanol–water partition coefficient (Wildman–Crippen LogP) is 3.49. The van der Waals surface area contributed by atoms with Gasteiger partial charge in [-0.3, -0.25) is 0 Å². The third-order valence-corrected chi connectivity index (χ3v) is 6.66. The van der Waals surface area contributed by atoms with Crippen LogP contribution in [-0.2, 0) is 6.54 Å². The predicted molar refractivity (Wildman–Crippen MR) is 99.9 cm³/mol. The van der Waals surface area contributed by atoms with E-state index in [2.05, 4.69) is 4.98 Å². The van der Waals surface area contributed by atoms with Crippen molar-refractivity contribution in [1.82, 2.24) is 9.55 Å². The summed E-state index contributed by atoms with van der Waals surface area (Å²) in [5.74, 6) is 1.26. The van der Waals surface area contributed by atoms with E-state index in [1.165, 1.54) is 11.3 Å². The topological polar surface area (TPSA) is 59.0 Å². The van der Waals surface area contributed by atoms with Gasteiger partial charge in [0.25, 0.3) is 11.7 Å². The third-order valence-electron chi connectivity index (χ3n) is 5.44. The first-order chi connectivity index (χ1) is 12.6. The molecule has 2 unspecified atom stereocenters. The van der Waals surface area contributed by atoms with Crippen molar-refractivity contribution in [2.24, 2.45) is 0 Å². The van der Waals surface area contributed by atoms with E-state index in [0.29, 0.717) is 16.6 Å². The first-order valence-electron chi connectivity index (χ1n) is 8.73. The highest BCUT2D eigenvalue weighted by atomic mass is 35.5. The molecule has 2 atom stereocenters. The molecule has 1 aromatic carbocycles. The van der Waals surface area contributed by atoms with Crippen molar-refractivity contribution < 1.29 is 9.67 Å². The minimum atomic E-state index is -0.104. The smallest absolute Gasteiger partial charge is 0.349 e. The molecule has 0 saturated heterocycles. The average Bonchev–Trinajstić information content (AvgIpc) is 3.25. The molecule has 5 rings (SSSR count). The van der Waals surface area contributed by atoms with Crippen molar-refractivity contribution in [2.75, 3.05) is 0 Å². The molecule has 2 aromatic heterocycles. The van der Waals surface area contributed by atoms with Crippen molar-refractivity contribution in [3.05, 3.63) is 62.1 Å². The summed E-state index contributed by atoms with van der Waals surface area (Å²) in [5.41, 5.74) is 1.01. The lowest BCUT2D eigenvalue weighted by atomic mass is 9.95. The number of halogens is 1. The van der Waals surface area contributed by atoms with Gasteiger partial charge in [-0.1, -0.05) is 41.9 Å². The second kappa shape index (κ2) is 5.93. The van der Waals surface area contributed by atoms with Gasteiger partial charge in [-0.15, -0.1) is 11.3 Å². The Morgan fingerprint density at radius 1 is 1.31 bits per heavy atom. The van der Waals surface area contributed by atoms with Gasteiger partial charge in [0.2, 0.25) is 0 Å². The maximum atomic E-state index is 13.2. The summed E-state index contributed by atoms with van der Waals surface area (Å²) in [6.07, 6.45) is 4.66. The van der Waals surface area contributed by atoms with Crippen LogP contribution in [0.25, 0.3) is 11.1 Å². The molecule has 132 valence electrons. The summed E-state index contributed by atoms with van der Waals surface area (Å²) in [4.78, 5) is 18.4. The molecule has 0 bridgehead atoms. The zero-order valence-corrected chi connectivity index (χ0v) is 15.5. The summed E-state index contributed by atoms with van der Waals surface area (Å²) in [6.45, 7) is 0.695. The van der Waals surface area contributed by atoms with Crippen molar-refractivity contribution in [3.8, 4) is 17.0 Å². The van der Waals surface area contributed by atoms with Crippen molar-refractivity contribution in [3.63, 3.8) is 0 Å². The lowest BCUT2D eigenvalue weighted by molar-refractivity contribution is -0.716. The minimum absolute atomic E-state index is 0.0348. The molecule has 26 heavy (non-hydrogen) atoms. The molecule has 4 heterocycles. The summed E-state index contributed by atoms with van der Waals surface area (Å²) in [5, 5.41) is 11.1. The van der Waals surface area contributed by atoms with Gasteiger partial charge >= 0.3 is 5.56 Å². The van der Waals surface area contributed by atoms with Crippen LogP contribution in [0.5, 0.6) is 5.88 Å². The molecule has 0 spiro atoms. The normalized spacial score (nSPS) is 21.0. The zero-order valence-electron chi connectivity index (χ0n) is 13.9. The number of aromatic hydroxyl groups is 1. The number of rotatable bonds is 2. The zero-order chi connectivity index (χ0) is 17.8. The lowest BCUT2D eigenvalue weighted by Gasteiger charge is -2.18. The van der Waals surface area contributed by atoms with Crippen LogP contribution < -0.4 is 10.1 Å². The molecular weight excluding hydrogens is 370 g/mol. The SMILES string of the molecule is O=c1c(-c2ccccc2)c(O)[n+]2c3n1CCCC3CC2c1cnc(Cl)s1. The maximum absolute atomic E-state index is 13.2. The molecule has 2 aliphatic rings. The number of aromatic nitrogens is 3. The lowest BCUT2D eigenvalue weighted by Crippen LogP contribution is -2.46. The number of nitrogens with zero attached hydrogens (tertiary/aromatic N) is 3. The second-order valence-electron chi connectivity index (χ2n) is 6.86. The molecule has 5 nitrogen and oxygen atoms in total. The van der Waals surface area contributed by atoms with Gasteiger partial charge in [0.1, 0.15) is 6.04 Å². The fourth-order valence-corrected chi connectivity index (χ4v) is 5.44. The standard InChI is InChI=1S/C19H16ClN3O2S/c20-19-21-10-14(26-19)13-9-12-7-4-8-22-16(12)23(13)18(25)15(17(22)24)11-5-2-1-3-6-11/h1-3,5-6,10,12-13H,4,7-9H2/p+1. The summed E-state index contributed by atoms with van der Waals surface area (Å²) < 4.78 is 4.30. The Bertz CT molecular complexity index is 1060. The largest absolute Gasteiger partial charge is 0.477 e. The van der Waals surface area contributed by atoms with Crippen LogP contribution in [0.4, 0.5) is 0 Å². The summed E-state index contributed by atoms with van der Waals surface area (Å²) in [7, 11) is 0. The quantitative estimate of drug-likeness (QED) is 0.686.